The number of benzene rings is 1. The van der Waals surface area contributed by atoms with Crippen molar-refractivity contribution in [2.24, 2.45) is 0 Å². The highest BCUT2D eigenvalue weighted by atomic mass is 16.5. The van der Waals surface area contributed by atoms with Crippen LogP contribution in [0.5, 0.6) is 11.5 Å². The van der Waals surface area contributed by atoms with E-state index in [4.69, 9.17) is 14.2 Å². The molecule has 0 aliphatic rings. The van der Waals surface area contributed by atoms with Crippen LogP contribution in [0.3, 0.4) is 0 Å². The Bertz CT molecular complexity index is 553. The van der Waals surface area contributed by atoms with E-state index in [0.29, 0.717) is 24.3 Å². The number of hydrogen-bond acceptors (Lipinski definition) is 5. The number of aryl methyl sites for hydroxylation is 1. The molecule has 0 amide bonds. The van der Waals surface area contributed by atoms with Crippen LogP contribution in [0.25, 0.3) is 0 Å². The highest BCUT2D eigenvalue weighted by molar-refractivity contribution is 5.79. The SMILES string of the molecule is CCCCCC(CC(=O)CCc1ccc(OC)c(OC)c1)OC(C)=O. The largest absolute Gasteiger partial charge is 0.493 e. The Morgan fingerprint density at radius 2 is 1.80 bits per heavy atom. The minimum atomic E-state index is -0.325. The second kappa shape index (κ2) is 11.5. The fourth-order valence-corrected chi connectivity index (χ4v) is 2.74. The van der Waals surface area contributed by atoms with E-state index >= 15 is 0 Å². The Morgan fingerprint density at radius 1 is 1.08 bits per heavy atom. The molecule has 1 aromatic rings. The molecule has 0 aliphatic carbocycles. The molecule has 1 aromatic carbocycles. The Kier molecular flexibility index (Phi) is 9.66. The summed E-state index contributed by atoms with van der Waals surface area (Å²) in [5.74, 6) is 1.11. The molecule has 5 heteroatoms. The Balaban J connectivity index is 2.54. The van der Waals surface area contributed by atoms with Gasteiger partial charge in [-0.3, -0.25) is 9.59 Å². The second-order valence-corrected chi connectivity index (χ2v) is 6.16. The van der Waals surface area contributed by atoms with Crippen LogP contribution in [0.15, 0.2) is 18.2 Å². The zero-order chi connectivity index (χ0) is 18.7. The molecule has 0 fully saturated rings. The van der Waals surface area contributed by atoms with Crippen molar-refractivity contribution < 1.29 is 23.8 Å². The van der Waals surface area contributed by atoms with Crippen LogP contribution in [-0.2, 0) is 20.7 Å². The lowest BCUT2D eigenvalue weighted by atomic mass is 10.0. The van der Waals surface area contributed by atoms with E-state index in [-0.39, 0.29) is 24.3 Å². The quantitative estimate of drug-likeness (QED) is 0.419. The predicted molar refractivity (Wildman–Crippen MR) is 97.2 cm³/mol. The van der Waals surface area contributed by atoms with E-state index in [1.807, 2.05) is 18.2 Å². The van der Waals surface area contributed by atoms with E-state index in [9.17, 15) is 9.59 Å². The van der Waals surface area contributed by atoms with Crippen molar-refractivity contribution >= 4 is 11.8 Å². The fourth-order valence-electron chi connectivity index (χ4n) is 2.74. The molecule has 140 valence electrons. The zero-order valence-electron chi connectivity index (χ0n) is 15.8. The standard InChI is InChI=1S/C20H30O5/c1-5-6-7-8-18(25-15(2)21)14-17(22)11-9-16-10-12-19(23-3)20(13-16)24-4/h10,12-13,18H,5-9,11,14H2,1-4H3. The second-order valence-electron chi connectivity index (χ2n) is 6.16. The number of Topliss-reactive ketones (excluding diaryl/α,β-unsaturated/α-hetero) is 1. The molecule has 0 N–H and O–H groups in total. The molecule has 1 unspecified atom stereocenters. The van der Waals surface area contributed by atoms with Crippen molar-refractivity contribution in [3.63, 3.8) is 0 Å². The molecule has 0 saturated carbocycles. The van der Waals surface area contributed by atoms with Crippen LogP contribution in [-0.4, -0.2) is 32.1 Å². The molecular formula is C20H30O5. The predicted octanol–water partition coefficient (Wildman–Crippen LogP) is 4.11. The normalized spacial score (nSPS) is 11.7. The molecular weight excluding hydrogens is 320 g/mol. The van der Waals surface area contributed by atoms with Gasteiger partial charge in [0.25, 0.3) is 0 Å². The maximum Gasteiger partial charge on any atom is 0.302 e. The van der Waals surface area contributed by atoms with Crippen molar-refractivity contribution in [3.8, 4) is 11.5 Å². The van der Waals surface area contributed by atoms with Crippen molar-refractivity contribution in [1.29, 1.82) is 0 Å². The first-order valence-electron chi connectivity index (χ1n) is 8.90. The molecule has 0 heterocycles. The van der Waals surface area contributed by atoms with Gasteiger partial charge in [0.1, 0.15) is 11.9 Å². The van der Waals surface area contributed by atoms with Crippen molar-refractivity contribution in [2.75, 3.05) is 14.2 Å². The third kappa shape index (κ3) is 8.05. The van der Waals surface area contributed by atoms with Gasteiger partial charge in [-0.2, -0.15) is 0 Å². The van der Waals surface area contributed by atoms with E-state index < -0.39 is 0 Å². The summed E-state index contributed by atoms with van der Waals surface area (Å²) in [6, 6.07) is 5.65. The first-order valence-corrected chi connectivity index (χ1v) is 8.90. The highest BCUT2D eigenvalue weighted by Crippen LogP contribution is 2.28. The van der Waals surface area contributed by atoms with Gasteiger partial charge in [0.05, 0.1) is 14.2 Å². The molecule has 0 bridgehead atoms. The van der Waals surface area contributed by atoms with Gasteiger partial charge in [-0.25, -0.2) is 0 Å². The van der Waals surface area contributed by atoms with Crippen LogP contribution >= 0.6 is 0 Å². The average molecular weight is 350 g/mol. The molecule has 1 rings (SSSR count). The van der Waals surface area contributed by atoms with Crippen LogP contribution < -0.4 is 9.47 Å². The van der Waals surface area contributed by atoms with Crippen LogP contribution in [0.2, 0.25) is 0 Å². The number of unbranched alkanes of at least 4 members (excludes halogenated alkanes) is 2. The summed E-state index contributed by atoms with van der Waals surface area (Å²) >= 11 is 0. The number of ether oxygens (including phenoxy) is 3. The first-order chi connectivity index (χ1) is 12.0. The molecule has 0 aliphatic heterocycles. The van der Waals surface area contributed by atoms with E-state index in [1.165, 1.54) is 6.92 Å². The van der Waals surface area contributed by atoms with E-state index in [1.54, 1.807) is 14.2 Å². The summed E-state index contributed by atoms with van der Waals surface area (Å²) in [6.07, 6.45) is 4.92. The zero-order valence-corrected chi connectivity index (χ0v) is 15.8. The third-order valence-electron chi connectivity index (χ3n) is 4.06. The van der Waals surface area contributed by atoms with Gasteiger partial charge in [0.15, 0.2) is 11.5 Å². The van der Waals surface area contributed by atoms with Gasteiger partial charge >= 0.3 is 5.97 Å². The summed E-state index contributed by atoms with van der Waals surface area (Å²) in [5.41, 5.74) is 1.01. The number of carbonyl (C=O) groups is 2. The van der Waals surface area contributed by atoms with Gasteiger partial charge in [-0.15, -0.1) is 0 Å². The van der Waals surface area contributed by atoms with Gasteiger partial charge in [0.2, 0.25) is 0 Å². The summed E-state index contributed by atoms with van der Waals surface area (Å²) < 4.78 is 15.8. The topological polar surface area (TPSA) is 61.8 Å². The smallest absolute Gasteiger partial charge is 0.302 e. The maximum absolute atomic E-state index is 12.3. The van der Waals surface area contributed by atoms with Gasteiger partial charge in [-0.1, -0.05) is 25.8 Å². The Morgan fingerprint density at radius 3 is 2.40 bits per heavy atom. The van der Waals surface area contributed by atoms with Crippen molar-refractivity contribution in [1.82, 2.24) is 0 Å². The first kappa shape index (κ1) is 21.0. The van der Waals surface area contributed by atoms with Crippen molar-refractivity contribution in [2.45, 2.75) is 64.9 Å². The number of carbonyl (C=O) groups excluding carboxylic acids is 2. The lowest BCUT2D eigenvalue weighted by Crippen LogP contribution is -2.20. The summed E-state index contributed by atoms with van der Waals surface area (Å²) in [4.78, 5) is 23.5. The number of ketones is 1. The fraction of sp³-hybridized carbons (Fsp3) is 0.600. The minimum Gasteiger partial charge on any atom is -0.493 e. The van der Waals surface area contributed by atoms with Crippen molar-refractivity contribution in [3.05, 3.63) is 23.8 Å². The van der Waals surface area contributed by atoms with Gasteiger partial charge in [-0.05, 0) is 37.0 Å². The molecule has 0 spiro atoms. The monoisotopic (exact) mass is 350 g/mol. The average Bonchev–Trinajstić information content (AvgIpc) is 2.59. The van der Waals surface area contributed by atoms with Crippen LogP contribution in [0.4, 0.5) is 0 Å². The Hall–Kier alpha value is -2.04. The van der Waals surface area contributed by atoms with E-state index in [0.717, 1.165) is 31.2 Å². The molecule has 0 saturated heterocycles. The summed E-state index contributed by atoms with van der Waals surface area (Å²) in [5, 5.41) is 0. The number of esters is 1. The highest BCUT2D eigenvalue weighted by Gasteiger charge is 2.17. The van der Waals surface area contributed by atoms with Crippen LogP contribution in [0.1, 0.15) is 57.9 Å². The lowest BCUT2D eigenvalue weighted by molar-refractivity contribution is -0.148. The molecule has 1 atom stereocenters. The van der Waals surface area contributed by atoms with E-state index in [2.05, 4.69) is 6.92 Å². The van der Waals surface area contributed by atoms with Crippen LogP contribution in [0, 0.1) is 0 Å². The number of rotatable bonds is 12. The summed E-state index contributed by atoms with van der Waals surface area (Å²) in [7, 11) is 3.18. The lowest BCUT2D eigenvalue weighted by Gasteiger charge is -2.16. The number of hydrogen-bond donors (Lipinski definition) is 0. The maximum atomic E-state index is 12.3. The van der Waals surface area contributed by atoms with Gasteiger partial charge in [0, 0.05) is 19.8 Å². The Labute approximate surface area is 150 Å². The third-order valence-corrected chi connectivity index (χ3v) is 4.06. The molecule has 5 nitrogen and oxygen atoms in total. The molecule has 25 heavy (non-hydrogen) atoms. The number of methoxy groups -OCH3 is 2. The summed E-state index contributed by atoms with van der Waals surface area (Å²) in [6.45, 7) is 3.51. The van der Waals surface area contributed by atoms with Gasteiger partial charge < -0.3 is 14.2 Å². The molecule has 0 radical (unpaired) electrons. The molecule has 0 aromatic heterocycles. The minimum absolute atomic E-state index is 0.109.